The van der Waals surface area contributed by atoms with Crippen LogP contribution in [0.4, 0.5) is 13.2 Å². The number of nitrogens with one attached hydrogen (secondary N) is 1. The third-order valence-electron chi connectivity index (χ3n) is 6.94. The summed E-state index contributed by atoms with van der Waals surface area (Å²) >= 11 is 0. The first kappa shape index (κ1) is 24.7. The zero-order valence-corrected chi connectivity index (χ0v) is 19.5. The number of hydrogen-bond acceptors (Lipinski definition) is 4. The van der Waals surface area contributed by atoms with Crippen molar-refractivity contribution in [1.82, 2.24) is 20.1 Å². The summed E-state index contributed by atoms with van der Waals surface area (Å²) < 4.78 is 38.2. The summed E-state index contributed by atoms with van der Waals surface area (Å²) in [6.45, 7) is 6.34. The first-order valence-corrected chi connectivity index (χ1v) is 12.3. The van der Waals surface area contributed by atoms with Gasteiger partial charge >= 0.3 is 6.18 Å². The van der Waals surface area contributed by atoms with Gasteiger partial charge in [-0.05, 0) is 88.6 Å². The second kappa shape index (κ2) is 11.3. The molecule has 2 saturated heterocycles. The molecule has 1 amide bonds. The Kier molecular flexibility index (Phi) is 8.21. The molecule has 0 saturated carbocycles. The van der Waals surface area contributed by atoms with Crippen molar-refractivity contribution in [3.8, 4) is 11.1 Å². The molecule has 2 aliphatic rings. The number of nitrogens with zero attached hydrogens (tertiary/aromatic N) is 3. The number of benzene rings is 1. The number of piperidine rings is 2. The van der Waals surface area contributed by atoms with Gasteiger partial charge in [0, 0.05) is 24.3 Å². The summed E-state index contributed by atoms with van der Waals surface area (Å²) in [6.07, 6.45) is 4.58. The lowest BCUT2D eigenvalue weighted by Gasteiger charge is -2.40. The van der Waals surface area contributed by atoms with E-state index in [2.05, 4.69) is 20.1 Å². The van der Waals surface area contributed by atoms with Gasteiger partial charge in [0.2, 0.25) is 0 Å². The molecule has 1 N–H and O–H groups in total. The van der Waals surface area contributed by atoms with E-state index in [-0.39, 0.29) is 5.91 Å². The van der Waals surface area contributed by atoms with E-state index in [1.165, 1.54) is 63.5 Å². The first-order valence-electron chi connectivity index (χ1n) is 12.3. The summed E-state index contributed by atoms with van der Waals surface area (Å²) in [5.74, 6) is -0.234. The fraction of sp³-hybridized carbons (Fsp3) is 0.538. The highest BCUT2D eigenvalue weighted by atomic mass is 19.4. The van der Waals surface area contributed by atoms with Gasteiger partial charge in [-0.3, -0.25) is 9.78 Å². The molecule has 0 unspecified atom stereocenters. The van der Waals surface area contributed by atoms with Crippen molar-refractivity contribution < 1.29 is 18.0 Å². The van der Waals surface area contributed by atoms with E-state index in [0.29, 0.717) is 23.4 Å². The van der Waals surface area contributed by atoms with Gasteiger partial charge < -0.3 is 15.1 Å². The zero-order chi connectivity index (χ0) is 24.0. The second-order valence-corrected chi connectivity index (χ2v) is 9.29. The molecular weight excluding hydrogens is 441 g/mol. The zero-order valence-electron chi connectivity index (χ0n) is 19.5. The molecular formula is C26H33F3N4O. The van der Waals surface area contributed by atoms with E-state index < -0.39 is 11.7 Å². The van der Waals surface area contributed by atoms with E-state index in [4.69, 9.17) is 0 Å². The van der Waals surface area contributed by atoms with Crippen LogP contribution in [0.15, 0.2) is 42.6 Å². The SMILES string of the molecule is O=C(NCCCN1CCC(N2CCCCC2)CC1)c1ccc(-c2ccc(C(F)(F)F)cc2)cn1. The van der Waals surface area contributed by atoms with Gasteiger partial charge in [-0.2, -0.15) is 13.2 Å². The Labute approximate surface area is 199 Å². The lowest BCUT2D eigenvalue weighted by Crippen LogP contribution is -2.47. The number of carbonyl (C=O) groups is 1. The third-order valence-corrected chi connectivity index (χ3v) is 6.94. The maximum Gasteiger partial charge on any atom is 0.416 e. The van der Waals surface area contributed by atoms with Gasteiger partial charge in [-0.1, -0.05) is 24.6 Å². The predicted molar refractivity (Wildman–Crippen MR) is 127 cm³/mol. The van der Waals surface area contributed by atoms with Crippen LogP contribution in [0.5, 0.6) is 0 Å². The monoisotopic (exact) mass is 474 g/mol. The summed E-state index contributed by atoms with van der Waals surface area (Å²) in [5.41, 5.74) is 0.902. The van der Waals surface area contributed by atoms with Crippen LogP contribution in [-0.4, -0.2) is 66.0 Å². The molecule has 2 aromatic rings. The predicted octanol–water partition coefficient (Wildman–Crippen LogP) is 4.84. The number of amides is 1. The molecule has 8 heteroatoms. The minimum Gasteiger partial charge on any atom is -0.351 e. The van der Waals surface area contributed by atoms with Gasteiger partial charge in [0.15, 0.2) is 0 Å². The smallest absolute Gasteiger partial charge is 0.351 e. The van der Waals surface area contributed by atoms with Crippen LogP contribution in [-0.2, 0) is 6.18 Å². The average Bonchev–Trinajstić information content (AvgIpc) is 2.87. The number of hydrogen-bond donors (Lipinski definition) is 1. The van der Waals surface area contributed by atoms with Crippen LogP contribution in [0, 0.1) is 0 Å². The van der Waals surface area contributed by atoms with Crippen LogP contribution in [0.3, 0.4) is 0 Å². The Bertz CT molecular complexity index is 917. The van der Waals surface area contributed by atoms with Gasteiger partial charge in [0.25, 0.3) is 5.91 Å². The lowest BCUT2D eigenvalue weighted by atomic mass is 10.00. The van der Waals surface area contributed by atoms with Crippen molar-refractivity contribution >= 4 is 5.91 Å². The minimum atomic E-state index is -4.36. The maximum absolute atomic E-state index is 12.7. The third kappa shape index (κ3) is 6.57. The molecule has 0 spiro atoms. The Morgan fingerprint density at radius 3 is 2.24 bits per heavy atom. The molecule has 34 heavy (non-hydrogen) atoms. The number of aromatic nitrogens is 1. The number of carbonyl (C=O) groups excluding carboxylic acids is 1. The van der Waals surface area contributed by atoms with Crippen molar-refractivity contribution in [3.05, 3.63) is 53.9 Å². The van der Waals surface area contributed by atoms with Gasteiger partial charge in [-0.25, -0.2) is 0 Å². The fourth-order valence-corrected chi connectivity index (χ4v) is 4.94. The van der Waals surface area contributed by atoms with E-state index in [9.17, 15) is 18.0 Å². The highest BCUT2D eigenvalue weighted by Gasteiger charge is 2.30. The second-order valence-electron chi connectivity index (χ2n) is 9.29. The number of likely N-dealkylation sites (tertiary alicyclic amines) is 2. The van der Waals surface area contributed by atoms with Gasteiger partial charge in [0.1, 0.15) is 5.69 Å². The molecule has 184 valence electrons. The van der Waals surface area contributed by atoms with Crippen molar-refractivity contribution in [2.45, 2.75) is 50.7 Å². The summed E-state index contributed by atoms with van der Waals surface area (Å²) in [4.78, 5) is 21.8. The Balaban J connectivity index is 1.17. The van der Waals surface area contributed by atoms with Crippen molar-refractivity contribution in [1.29, 1.82) is 0 Å². The van der Waals surface area contributed by atoms with E-state index in [0.717, 1.165) is 44.2 Å². The molecule has 1 aromatic heterocycles. The molecule has 5 nitrogen and oxygen atoms in total. The van der Waals surface area contributed by atoms with E-state index >= 15 is 0 Å². The maximum atomic E-state index is 12.7. The largest absolute Gasteiger partial charge is 0.416 e. The normalized spacial score (nSPS) is 18.7. The number of halogens is 3. The topological polar surface area (TPSA) is 48.5 Å². The Hall–Kier alpha value is -2.45. The van der Waals surface area contributed by atoms with Crippen molar-refractivity contribution in [2.75, 3.05) is 39.3 Å². The molecule has 3 heterocycles. The molecule has 0 atom stereocenters. The molecule has 2 fully saturated rings. The Morgan fingerprint density at radius 2 is 1.62 bits per heavy atom. The van der Waals surface area contributed by atoms with Crippen molar-refractivity contribution in [3.63, 3.8) is 0 Å². The van der Waals surface area contributed by atoms with Crippen LogP contribution in [0.1, 0.15) is 54.6 Å². The van der Waals surface area contributed by atoms with Gasteiger partial charge in [0.05, 0.1) is 5.56 Å². The van der Waals surface area contributed by atoms with E-state index in [1.807, 2.05) is 0 Å². The molecule has 4 rings (SSSR count). The fourth-order valence-electron chi connectivity index (χ4n) is 4.94. The molecule has 0 bridgehead atoms. The van der Waals surface area contributed by atoms with Crippen molar-refractivity contribution in [2.24, 2.45) is 0 Å². The summed E-state index contributed by atoms with van der Waals surface area (Å²) in [5, 5.41) is 2.92. The molecule has 0 radical (unpaired) electrons. The highest BCUT2D eigenvalue weighted by molar-refractivity contribution is 5.92. The highest BCUT2D eigenvalue weighted by Crippen LogP contribution is 2.30. The lowest BCUT2D eigenvalue weighted by molar-refractivity contribution is -0.137. The average molecular weight is 475 g/mol. The van der Waals surface area contributed by atoms with Crippen LogP contribution in [0.2, 0.25) is 0 Å². The first-order chi connectivity index (χ1) is 16.4. The minimum absolute atomic E-state index is 0.234. The quantitative estimate of drug-likeness (QED) is 0.584. The number of rotatable bonds is 7. The summed E-state index contributed by atoms with van der Waals surface area (Å²) in [6, 6.07) is 8.97. The van der Waals surface area contributed by atoms with Gasteiger partial charge in [-0.15, -0.1) is 0 Å². The number of pyridine rings is 1. The molecule has 2 aliphatic heterocycles. The van der Waals surface area contributed by atoms with Crippen LogP contribution < -0.4 is 5.32 Å². The standard InChI is InChI=1S/C26H33F3N4O/c27-26(28,29)22-8-5-20(6-9-22)21-7-10-24(31-19-21)25(34)30-13-4-14-32-17-11-23(12-18-32)33-15-2-1-3-16-33/h5-10,19,23H,1-4,11-18H2,(H,30,34). The van der Waals surface area contributed by atoms with E-state index in [1.54, 1.807) is 12.1 Å². The van der Waals surface area contributed by atoms with Crippen LogP contribution >= 0.6 is 0 Å². The van der Waals surface area contributed by atoms with Crippen LogP contribution in [0.25, 0.3) is 11.1 Å². The molecule has 0 aliphatic carbocycles. The summed E-state index contributed by atoms with van der Waals surface area (Å²) in [7, 11) is 0. The number of alkyl halides is 3. The molecule has 1 aromatic carbocycles. The Morgan fingerprint density at radius 1 is 0.941 bits per heavy atom.